The molecule has 3 rings (SSSR count). The molecule has 1 aliphatic heterocycles. The van der Waals surface area contributed by atoms with Gasteiger partial charge in [-0.1, -0.05) is 13.3 Å². The summed E-state index contributed by atoms with van der Waals surface area (Å²) in [4.78, 5) is 21.1. The maximum Gasteiger partial charge on any atom is 0.253 e. The topological polar surface area (TPSA) is 45.7 Å². The van der Waals surface area contributed by atoms with Crippen molar-refractivity contribution in [3.05, 3.63) is 59.9 Å². The highest BCUT2D eigenvalue weighted by Crippen LogP contribution is 2.16. The molecule has 0 radical (unpaired) electrons. The molecule has 26 heavy (non-hydrogen) atoms. The predicted octanol–water partition coefficient (Wildman–Crippen LogP) is 3.22. The van der Waals surface area contributed by atoms with Gasteiger partial charge in [0.25, 0.3) is 5.91 Å². The number of benzene rings is 1. The van der Waals surface area contributed by atoms with Crippen LogP contribution in [0.1, 0.15) is 35.7 Å². The molecule has 0 saturated carbocycles. The number of piperazine rings is 1. The number of hydrogen-bond acceptors (Lipinski definition) is 4. The average molecular weight is 353 g/mol. The number of ether oxygens (including phenoxy) is 1. The molecule has 1 amide bonds. The monoisotopic (exact) mass is 353 g/mol. The van der Waals surface area contributed by atoms with E-state index in [1.807, 2.05) is 53.7 Å². The van der Waals surface area contributed by atoms with Crippen LogP contribution in [0.2, 0.25) is 0 Å². The summed E-state index contributed by atoms with van der Waals surface area (Å²) >= 11 is 0. The Morgan fingerprint density at radius 3 is 2.38 bits per heavy atom. The van der Waals surface area contributed by atoms with Crippen molar-refractivity contribution in [2.45, 2.75) is 26.3 Å². The highest BCUT2D eigenvalue weighted by Gasteiger charge is 2.22. The first kappa shape index (κ1) is 18.4. The van der Waals surface area contributed by atoms with E-state index in [1.165, 1.54) is 5.56 Å². The van der Waals surface area contributed by atoms with Crippen LogP contribution in [0.3, 0.4) is 0 Å². The Bertz CT molecular complexity index is 680. The number of rotatable bonds is 7. The van der Waals surface area contributed by atoms with Crippen molar-refractivity contribution in [1.82, 2.24) is 14.8 Å². The molecule has 2 heterocycles. The molecule has 1 fully saturated rings. The number of carbonyl (C=O) groups is 1. The lowest BCUT2D eigenvalue weighted by molar-refractivity contribution is 0.0628. The van der Waals surface area contributed by atoms with Crippen molar-refractivity contribution in [2.24, 2.45) is 0 Å². The maximum atomic E-state index is 12.7. The highest BCUT2D eigenvalue weighted by atomic mass is 16.5. The summed E-state index contributed by atoms with van der Waals surface area (Å²) in [7, 11) is 0. The summed E-state index contributed by atoms with van der Waals surface area (Å²) < 4.78 is 5.66. The first-order valence-corrected chi connectivity index (χ1v) is 9.39. The zero-order valence-corrected chi connectivity index (χ0v) is 15.4. The highest BCUT2D eigenvalue weighted by molar-refractivity contribution is 5.94. The minimum atomic E-state index is 0.105. The quantitative estimate of drug-likeness (QED) is 0.717. The maximum absolute atomic E-state index is 12.7. The molecule has 138 valence electrons. The number of aromatic nitrogens is 1. The number of hydrogen-bond donors (Lipinski definition) is 0. The van der Waals surface area contributed by atoms with E-state index in [2.05, 4.69) is 16.8 Å². The third kappa shape index (κ3) is 5.05. The minimum absolute atomic E-state index is 0.105. The van der Waals surface area contributed by atoms with Crippen LogP contribution in [0.5, 0.6) is 5.75 Å². The minimum Gasteiger partial charge on any atom is -0.494 e. The fourth-order valence-corrected chi connectivity index (χ4v) is 3.07. The van der Waals surface area contributed by atoms with Crippen molar-refractivity contribution in [2.75, 3.05) is 32.8 Å². The lowest BCUT2D eigenvalue weighted by atomic mass is 10.1. The number of pyridine rings is 1. The van der Waals surface area contributed by atoms with Gasteiger partial charge in [-0.15, -0.1) is 0 Å². The van der Waals surface area contributed by atoms with E-state index in [4.69, 9.17) is 4.74 Å². The molecule has 1 aromatic carbocycles. The van der Waals surface area contributed by atoms with Gasteiger partial charge in [-0.05, 0) is 48.4 Å². The van der Waals surface area contributed by atoms with E-state index in [1.54, 1.807) is 0 Å². The SMILES string of the molecule is CCCCOc1ccc(C(=O)N2CCN(Cc3ccncc3)CC2)cc1. The third-order valence-electron chi connectivity index (χ3n) is 4.68. The zero-order chi connectivity index (χ0) is 18.2. The van der Waals surface area contributed by atoms with Gasteiger partial charge >= 0.3 is 0 Å². The average Bonchev–Trinajstić information content (AvgIpc) is 2.70. The molecule has 0 bridgehead atoms. The molecule has 1 aromatic heterocycles. The molecule has 0 spiro atoms. The van der Waals surface area contributed by atoms with Gasteiger partial charge in [0.15, 0.2) is 0 Å². The van der Waals surface area contributed by atoms with Gasteiger partial charge in [0.1, 0.15) is 5.75 Å². The number of carbonyl (C=O) groups excluding carboxylic acids is 1. The van der Waals surface area contributed by atoms with Gasteiger partial charge in [-0.2, -0.15) is 0 Å². The molecule has 2 aromatic rings. The van der Waals surface area contributed by atoms with E-state index in [0.29, 0.717) is 0 Å². The summed E-state index contributed by atoms with van der Waals surface area (Å²) in [6, 6.07) is 11.6. The van der Waals surface area contributed by atoms with E-state index in [9.17, 15) is 4.79 Å². The van der Waals surface area contributed by atoms with Crippen LogP contribution >= 0.6 is 0 Å². The van der Waals surface area contributed by atoms with Crippen LogP contribution in [-0.2, 0) is 6.54 Å². The molecule has 5 nitrogen and oxygen atoms in total. The molecular weight excluding hydrogens is 326 g/mol. The second-order valence-electron chi connectivity index (χ2n) is 6.65. The van der Waals surface area contributed by atoms with Gasteiger partial charge in [0.2, 0.25) is 0 Å². The van der Waals surface area contributed by atoms with Crippen molar-refractivity contribution < 1.29 is 9.53 Å². The molecular formula is C21H27N3O2. The molecule has 5 heteroatoms. The smallest absolute Gasteiger partial charge is 0.253 e. The van der Waals surface area contributed by atoms with Crippen molar-refractivity contribution in [3.63, 3.8) is 0 Å². The molecule has 1 aliphatic rings. The van der Waals surface area contributed by atoms with Gasteiger partial charge < -0.3 is 9.64 Å². The molecule has 0 atom stereocenters. The van der Waals surface area contributed by atoms with E-state index in [0.717, 1.165) is 63.5 Å². The fourth-order valence-electron chi connectivity index (χ4n) is 3.07. The lowest BCUT2D eigenvalue weighted by Crippen LogP contribution is -2.48. The molecule has 1 saturated heterocycles. The second kappa shape index (κ2) is 9.34. The van der Waals surface area contributed by atoms with Gasteiger partial charge in [0.05, 0.1) is 6.61 Å². The Labute approximate surface area is 155 Å². The Hall–Kier alpha value is -2.40. The fraction of sp³-hybridized carbons (Fsp3) is 0.429. The van der Waals surface area contributed by atoms with Crippen molar-refractivity contribution in [3.8, 4) is 5.75 Å². The normalized spacial score (nSPS) is 15.0. The summed E-state index contributed by atoms with van der Waals surface area (Å²) in [5.41, 5.74) is 1.99. The third-order valence-corrected chi connectivity index (χ3v) is 4.68. The first-order chi connectivity index (χ1) is 12.8. The largest absolute Gasteiger partial charge is 0.494 e. The summed E-state index contributed by atoms with van der Waals surface area (Å²) in [5.74, 6) is 0.936. The van der Waals surface area contributed by atoms with Crippen LogP contribution < -0.4 is 4.74 Å². The van der Waals surface area contributed by atoms with Gasteiger partial charge in [-0.3, -0.25) is 14.7 Å². The van der Waals surface area contributed by atoms with E-state index in [-0.39, 0.29) is 5.91 Å². The molecule has 0 unspecified atom stereocenters. The lowest BCUT2D eigenvalue weighted by Gasteiger charge is -2.34. The molecule has 0 N–H and O–H groups in total. The van der Waals surface area contributed by atoms with E-state index < -0.39 is 0 Å². The van der Waals surface area contributed by atoms with Crippen molar-refractivity contribution >= 4 is 5.91 Å². The van der Waals surface area contributed by atoms with Crippen LogP contribution in [-0.4, -0.2) is 53.5 Å². The number of amides is 1. The van der Waals surface area contributed by atoms with Gasteiger partial charge in [-0.25, -0.2) is 0 Å². The predicted molar refractivity (Wildman–Crippen MR) is 102 cm³/mol. The summed E-state index contributed by atoms with van der Waals surface area (Å²) in [5, 5.41) is 0. The standard InChI is InChI=1S/C21H27N3O2/c1-2-3-16-26-20-6-4-19(5-7-20)21(25)24-14-12-23(13-15-24)17-18-8-10-22-11-9-18/h4-11H,2-3,12-17H2,1H3. The Balaban J connectivity index is 1.48. The van der Waals surface area contributed by atoms with Crippen LogP contribution in [0.25, 0.3) is 0 Å². The Morgan fingerprint density at radius 1 is 1.04 bits per heavy atom. The second-order valence-corrected chi connectivity index (χ2v) is 6.65. The van der Waals surface area contributed by atoms with E-state index >= 15 is 0 Å². The molecule has 0 aliphatic carbocycles. The first-order valence-electron chi connectivity index (χ1n) is 9.39. The Kier molecular flexibility index (Phi) is 6.61. The van der Waals surface area contributed by atoms with Crippen LogP contribution in [0, 0.1) is 0 Å². The van der Waals surface area contributed by atoms with Crippen LogP contribution in [0.4, 0.5) is 0 Å². The van der Waals surface area contributed by atoms with Crippen LogP contribution in [0.15, 0.2) is 48.8 Å². The van der Waals surface area contributed by atoms with Gasteiger partial charge in [0, 0.05) is 50.7 Å². The zero-order valence-electron chi connectivity index (χ0n) is 15.4. The van der Waals surface area contributed by atoms with Crippen molar-refractivity contribution in [1.29, 1.82) is 0 Å². The Morgan fingerprint density at radius 2 is 1.73 bits per heavy atom. The number of nitrogens with zero attached hydrogens (tertiary/aromatic N) is 3. The summed E-state index contributed by atoms with van der Waals surface area (Å²) in [6.07, 6.45) is 5.81. The summed E-state index contributed by atoms with van der Waals surface area (Å²) in [6.45, 7) is 7.09. The number of unbranched alkanes of at least 4 members (excludes halogenated alkanes) is 1.